The molecule has 1 aliphatic heterocycles. The second-order valence-electron chi connectivity index (χ2n) is 21.5. The van der Waals surface area contributed by atoms with Crippen molar-refractivity contribution in [2.24, 2.45) is 0 Å². The molecule has 9 nitrogen and oxygen atoms in total. The first kappa shape index (κ1) is 108. The molecule has 0 spiro atoms. The molecular weight excluding hydrogens is 1920 g/mol. The maximum absolute atomic E-state index is 15.5. The minimum atomic E-state index is -10.8. The van der Waals surface area contributed by atoms with Crippen LogP contribution in [0.5, 0.6) is 0 Å². The van der Waals surface area contributed by atoms with Crippen molar-refractivity contribution >= 4 is 24.1 Å². The van der Waals surface area contributed by atoms with Gasteiger partial charge in [0, 0.05) is 0 Å². The number of halogens is 66. The van der Waals surface area contributed by atoms with E-state index in [9.17, 15) is 237 Å². The fourth-order valence-electron chi connectivity index (χ4n) is 6.63. The van der Waals surface area contributed by atoms with Crippen molar-refractivity contribution in [2.45, 2.75) is 179 Å². The SMILES string of the molecule is FC(F)(F)C(F)(F)C(F)(F)C(F)(F)C(F)(F)CO[PH]1(OCC(F)(F)C(F)(F)C(F)(F)C(F)(F)C(F)(F)F)N[PH](OCC(F)(F)C(F)(F)C(F)(F)C(F)(F)C(F)(F)F)(OCC(F)(F)C(F)(F)C(F)(F)C(F)(F)C(F)(F)F)N[PH](OCC(F)(F)C(F)(F)C(F)(F)C(F)(F)C(F)(F)F)(OCC(F)(F)C(F)(F)C(F)(F)C(F)(F)C(F)(F)F)N1. The zero-order valence-corrected chi connectivity index (χ0v) is 52.6. The van der Waals surface area contributed by atoms with Crippen LogP contribution < -0.4 is 14.6 Å². The molecule has 0 bridgehead atoms. The molecule has 1 rings (SSSR count). The van der Waals surface area contributed by atoms with Gasteiger partial charge in [0.15, 0.2) is 0 Å². The Morgan fingerprint density at radius 1 is 0.123 bits per heavy atom. The molecule has 3 N–H and O–H groups in total. The van der Waals surface area contributed by atoms with E-state index >= 15 is 52.7 Å². The quantitative estimate of drug-likeness (QED) is 0.0419. The molecule has 0 atom stereocenters. The molecule has 0 aromatic rings. The van der Waals surface area contributed by atoms with Crippen LogP contribution in [0.15, 0.2) is 0 Å². The van der Waals surface area contributed by atoms with Crippen molar-refractivity contribution in [1.29, 1.82) is 0 Å². The zero-order valence-electron chi connectivity index (χ0n) is 49.6. The molecule has 1 aliphatic rings. The van der Waals surface area contributed by atoms with Gasteiger partial charge in [0.1, 0.15) is 0 Å². The molecule has 0 unspecified atom stereocenters. The Bertz CT molecular complexity index is 2760. The normalized spacial score (nSPS) is 19.6. The average Bonchev–Trinajstić information content (AvgIpc) is 0.723. The summed E-state index contributed by atoms with van der Waals surface area (Å²) in [5, 5.41) is 0. The van der Waals surface area contributed by atoms with E-state index in [1.165, 1.54) is 0 Å². The number of alkyl halides is 66. The van der Waals surface area contributed by atoms with Crippen LogP contribution >= 0.6 is 24.1 Å². The third-order valence-electron chi connectivity index (χ3n) is 13.4. The molecule has 0 saturated carbocycles. The van der Waals surface area contributed by atoms with Gasteiger partial charge in [0.2, 0.25) is 0 Å². The van der Waals surface area contributed by atoms with Gasteiger partial charge in [0.25, 0.3) is 0 Å². The Labute approximate surface area is 575 Å². The molecule has 690 valence electrons. The molecule has 0 aliphatic carbocycles. The summed E-state index contributed by atoms with van der Waals surface area (Å²) in [5.74, 6) is -225. The summed E-state index contributed by atoms with van der Waals surface area (Å²) in [6.07, 6.45) is -52.8. The van der Waals surface area contributed by atoms with Crippen molar-refractivity contribution in [2.75, 3.05) is 39.6 Å². The fraction of sp³-hybridized carbons (Fsp3) is 1.00. The molecule has 1 fully saturated rings. The van der Waals surface area contributed by atoms with Gasteiger partial charge >= 0.3 is 574 Å². The molecule has 0 radical (unpaired) electrons. The Morgan fingerprint density at radius 3 is 0.272 bits per heavy atom. The summed E-state index contributed by atoms with van der Waals surface area (Å²) in [6, 6.07) is 0. The summed E-state index contributed by atoms with van der Waals surface area (Å²) < 4.78 is 956. The Balaban J connectivity index is 5.97. The van der Waals surface area contributed by atoms with E-state index in [0.717, 1.165) is 0 Å². The van der Waals surface area contributed by atoms with E-state index in [4.69, 9.17) is 0 Å². The van der Waals surface area contributed by atoms with Crippen LogP contribution in [0.1, 0.15) is 0 Å². The van der Waals surface area contributed by atoms with Gasteiger partial charge in [0.05, 0.1) is 0 Å². The van der Waals surface area contributed by atoms with Crippen LogP contribution in [0.25, 0.3) is 0 Å². The summed E-state index contributed by atoms with van der Waals surface area (Å²) in [5.41, 5.74) is 0. The van der Waals surface area contributed by atoms with Crippen molar-refractivity contribution in [3.63, 3.8) is 0 Å². The van der Waals surface area contributed by atoms with Gasteiger partial charge in [-0.1, -0.05) is 0 Å². The third kappa shape index (κ3) is 16.8. The van der Waals surface area contributed by atoms with Gasteiger partial charge in [-0.2, -0.15) is 0 Å². The Hall–Kier alpha value is -3.69. The van der Waals surface area contributed by atoms with Crippen LogP contribution in [-0.2, 0) is 27.1 Å². The summed E-state index contributed by atoms with van der Waals surface area (Å²) in [6.45, 7) is -36.1. The maximum atomic E-state index is 15.5. The summed E-state index contributed by atoms with van der Waals surface area (Å²) in [4.78, 5) is -3.64. The molecule has 0 aromatic heterocycles. The first-order valence-electron chi connectivity index (χ1n) is 25.1. The molecule has 0 aromatic carbocycles. The molecule has 114 heavy (non-hydrogen) atoms. The van der Waals surface area contributed by atoms with Crippen molar-refractivity contribution in [3.8, 4) is 0 Å². The van der Waals surface area contributed by atoms with Gasteiger partial charge in [-0.05, 0) is 0 Å². The monoisotopic (exact) mass is 1930 g/mol. The standard InChI is InChI=1S/C36H18F66N3O6P3/c37-7(38,13(49,50)19(61,62)25(73,74)31(85,86)87)1-106-112(107-2-8(39,40)14(51,52)20(63,64)26(75,76)32(88,89)90)103-113(108-3-9(41,42)15(53,54)21(65,66)27(77,78)33(91,92)93,109-4-10(43,44)16(55,56)22(67,68)28(79,80)34(94,95)96)105-114(104-112,110-5-11(45,46)17(57,58)23(69,70)29(81,82)35(97,98)99)111-6-12(47,48)18(59,60)24(71,72)30(83,84)36(100,101)102/h103-105,112-114H,1-6H2. The van der Waals surface area contributed by atoms with Crippen LogP contribution in [0.4, 0.5) is 290 Å². The van der Waals surface area contributed by atoms with Gasteiger partial charge in [-0.3, -0.25) is 0 Å². The third-order valence-corrected chi connectivity index (χ3v) is 24.6. The van der Waals surface area contributed by atoms with Gasteiger partial charge in [-0.25, -0.2) is 0 Å². The van der Waals surface area contributed by atoms with Gasteiger partial charge in [-0.15, -0.1) is 0 Å². The van der Waals surface area contributed by atoms with Crippen LogP contribution in [0.3, 0.4) is 0 Å². The number of hydrogen-bond acceptors (Lipinski definition) is 9. The number of nitrogens with one attached hydrogen (secondary N) is 3. The van der Waals surface area contributed by atoms with Gasteiger partial charge < -0.3 is 0 Å². The molecular formula is C36H18F66N3O6P3. The predicted molar refractivity (Wildman–Crippen MR) is 225 cm³/mol. The van der Waals surface area contributed by atoms with Crippen molar-refractivity contribution in [1.82, 2.24) is 14.6 Å². The van der Waals surface area contributed by atoms with E-state index in [-0.39, 0.29) is 0 Å². The molecule has 0 amide bonds. The minimum absolute atomic E-state index is 1.21. The topological polar surface area (TPSA) is 91.5 Å². The van der Waals surface area contributed by atoms with E-state index in [1.807, 2.05) is 0 Å². The van der Waals surface area contributed by atoms with Crippen LogP contribution in [-0.4, -0.2) is 219 Å². The van der Waals surface area contributed by atoms with E-state index in [0.29, 0.717) is 0 Å². The molecule has 1 heterocycles. The van der Waals surface area contributed by atoms with E-state index in [2.05, 4.69) is 27.1 Å². The Morgan fingerprint density at radius 2 is 0.202 bits per heavy atom. The fourth-order valence-corrected chi connectivity index (χ4v) is 20.3. The summed E-state index contributed by atoms with van der Waals surface area (Å²) >= 11 is 0. The molecule has 1 saturated heterocycles. The van der Waals surface area contributed by atoms with E-state index < -0.39 is 257 Å². The first-order valence-corrected chi connectivity index (χ1v) is 30.5. The van der Waals surface area contributed by atoms with Crippen LogP contribution in [0.2, 0.25) is 0 Å². The van der Waals surface area contributed by atoms with Crippen LogP contribution in [0, 0.1) is 0 Å². The number of rotatable bonds is 36. The van der Waals surface area contributed by atoms with E-state index in [1.54, 1.807) is 0 Å². The Kier molecular flexibility index (Phi) is 27.8. The van der Waals surface area contributed by atoms with Crippen molar-refractivity contribution in [3.05, 3.63) is 0 Å². The molecule has 78 heteroatoms. The second-order valence-corrected chi connectivity index (χ2v) is 29.9. The summed E-state index contributed by atoms with van der Waals surface area (Å²) in [7, 11) is -32.5. The predicted octanol–water partition coefficient (Wildman–Crippen LogP) is 21.7. The van der Waals surface area contributed by atoms with Crippen molar-refractivity contribution < 1.29 is 317 Å². The second kappa shape index (κ2) is 29.3. The zero-order chi connectivity index (χ0) is 93.1. The average molecular weight is 1940 g/mol. The number of hydrogen-bond donors (Lipinski definition) is 3. The first-order chi connectivity index (χ1) is 48.4.